The van der Waals surface area contributed by atoms with Crippen LogP contribution in [0.25, 0.3) is 11.0 Å². The first-order chi connectivity index (χ1) is 10.8. The van der Waals surface area contributed by atoms with Crippen molar-refractivity contribution < 1.29 is 0 Å². The number of piperidine rings is 1. The Bertz CT molecular complexity index is 759. The molecule has 0 aliphatic carbocycles. The molecule has 3 aromatic rings. The number of benzene rings is 1. The van der Waals surface area contributed by atoms with Crippen molar-refractivity contribution in [3.63, 3.8) is 0 Å². The Labute approximate surface area is 130 Å². The molecular weight excluding hydrogens is 274 g/mol. The quantitative estimate of drug-likeness (QED) is 0.808. The van der Waals surface area contributed by atoms with Crippen molar-refractivity contribution in [2.45, 2.75) is 31.8 Å². The maximum absolute atomic E-state index is 4.82. The molecule has 0 saturated carbocycles. The number of hydrogen-bond acceptors (Lipinski definition) is 3. The molecule has 1 saturated heterocycles. The van der Waals surface area contributed by atoms with E-state index in [1.165, 1.54) is 30.5 Å². The van der Waals surface area contributed by atoms with Gasteiger partial charge in [0.1, 0.15) is 5.82 Å². The summed E-state index contributed by atoms with van der Waals surface area (Å²) in [5.74, 6) is 1.13. The molecule has 1 N–H and O–H groups in total. The smallest absolute Gasteiger partial charge is 0.123 e. The zero-order chi connectivity index (χ0) is 14.9. The largest absolute Gasteiger partial charge is 0.330 e. The van der Waals surface area contributed by atoms with Crippen LogP contribution in [0.3, 0.4) is 0 Å². The van der Waals surface area contributed by atoms with Gasteiger partial charge in [-0.1, -0.05) is 18.6 Å². The standard InChI is InChI=1S/C17H21N5/c1-21-15-7-3-2-6-13(15)19-17(21)12-22-11-5-4-8-16(22)14-9-10-18-20-14/h2-3,6-7,9-10,16H,4-5,8,11-12H2,1H3,(H,18,20)/t16-/m1/s1. The molecule has 0 radical (unpaired) electrons. The monoisotopic (exact) mass is 295 g/mol. The SMILES string of the molecule is Cn1c(CN2CCCC[C@@H]2c2ccn[nH]2)nc2ccccc21. The summed E-state index contributed by atoms with van der Waals surface area (Å²) in [7, 11) is 2.11. The maximum atomic E-state index is 4.82. The summed E-state index contributed by atoms with van der Waals surface area (Å²) < 4.78 is 2.22. The van der Waals surface area contributed by atoms with E-state index in [1.54, 1.807) is 0 Å². The van der Waals surface area contributed by atoms with Gasteiger partial charge in [-0.3, -0.25) is 10.00 Å². The summed E-state index contributed by atoms with van der Waals surface area (Å²) in [6, 6.07) is 10.9. The maximum Gasteiger partial charge on any atom is 0.123 e. The van der Waals surface area contributed by atoms with Crippen LogP contribution in [0.1, 0.15) is 36.8 Å². The van der Waals surface area contributed by atoms with Crippen LogP contribution in [-0.4, -0.2) is 31.2 Å². The molecule has 1 aliphatic heterocycles. The van der Waals surface area contributed by atoms with Crippen molar-refractivity contribution in [3.05, 3.63) is 48.0 Å². The molecule has 1 aromatic carbocycles. The van der Waals surface area contributed by atoms with Gasteiger partial charge in [0, 0.05) is 13.2 Å². The average Bonchev–Trinajstić information content (AvgIpc) is 3.18. The number of rotatable bonds is 3. The lowest BCUT2D eigenvalue weighted by molar-refractivity contribution is 0.132. The van der Waals surface area contributed by atoms with Crippen LogP contribution in [-0.2, 0) is 13.6 Å². The third-order valence-electron chi connectivity index (χ3n) is 4.72. The van der Waals surface area contributed by atoms with Gasteiger partial charge in [0.2, 0.25) is 0 Å². The number of aromatic nitrogens is 4. The van der Waals surface area contributed by atoms with Crippen molar-refractivity contribution in [2.75, 3.05) is 6.54 Å². The lowest BCUT2D eigenvalue weighted by Crippen LogP contribution is -2.34. The van der Waals surface area contributed by atoms with E-state index in [4.69, 9.17) is 4.98 Å². The van der Waals surface area contributed by atoms with Crippen molar-refractivity contribution in [3.8, 4) is 0 Å². The fourth-order valence-corrected chi connectivity index (χ4v) is 3.50. The summed E-state index contributed by atoms with van der Waals surface area (Å²) >= 11 is 0. The number of para-hydroxylation sites is 2. The van der Waals surface area contributed by atoms with E-state index in [0.717, 1.165) is 24.4 Å². The van der Waals surface area contributed by atoms with Crippen molar-refractivity contribution >= 4 is 11.0 Å². The third-order valence-corrected chi connectivity index (χ3v) is 4.72. The molecular formula is C17H21N5. The number of nitrogens with zero attached hydrogens (tertiary/aromatic N) is 4. The third kappa shape index (κ3) is 2.31. The molecule has 0 amide bonds. The lowest BCUT2D eigenvalue weighted by Gasteiger charge is -2.34. The highest BCUT2D eigenvalue weighted by Crippen LogP contribution is 2.31. The second kappa shape index (κ2) is 5.57. The predicted octanol–water partition coefficient (Wildman–Crippen LogP) is 3.02. The van der Waals surface area contributed by atoms with Crippen LogP contribution in [0.2, 0.25) is 0 Å². The van der Waals surface area contributed by atoms with Crippen LogP contribution in [0, 0.1) is 0 Å². The van der Waals surface area contributed by atoms with Crippen LogP contribution in [0.5, 0.6) is 0 Å². The van der Waals surface area contributed by atoms with E-state index in [-0.39, 0.29) is 0 Å². The molecule has 5 heteroatoms. The molecule has 0 spiro atoms. The van der Waals surface area contributed by atoms with E-state index in [9.17, 15) is 0 Å². The Morgan fingerprint density at radius 3 is 2.95 bits per heavy atom. The van der Waals surface area contributed by atoms with Gasteiger partial charge in [0.25, 0.3) is 0 Å². The summed E-state index contributed by atoms with van der Waals surface area (Å²) in [4.78, 5) is 7.34. The molecule has 3 heterocycles. The van der Waals surface area contributed by atoms with Crippen molar-refractivity contribution in [2.24, 2.45) is 7.05 Å². The Morgan fingerprint density at radius 2 is 2.14 bits per heavy atom. The Kier molecular flexibility index (Phi) is 3.42. The molecule has 2 aromatic heterocycles. The first-order valence-electron chi connectivity index (χ1n) is 7.96. The first-order valence-corrected chi connectivity index (χ1v) is 7.96. The summed E-state index contributed by atoms with van der Waals surface area (Å²) in [6.07, 6.45) is 5.57. The predicted molar refractivity (Wildman–Crippen MR) is 86.3 cm³/mol. The van der Waals surface area contributed by atoms with Gasteiger partial charge in [0.05, 0.1) is 29.3 Å². The number of aryl methyl sites for hydroxylation is 1. The second-order valence-electron chi connectivity index (χ2n) is 6.07. The first kappa shape index (κ1) is 13.5. The van der Waals surface area contributed by atoms with Crippen LogP contribution in [0.4, 0.5) is 0 Å². The number of likely N-dealkylation sites (tertiary alicyclic amines) is 1. The minimum atomic E-state index is 0.427. The minimum Gasteiger partial charge on any atom is -0.330 e. The molecule has 22 heavy (non-hydrogen) atoms. The van der Waals surface area contributed by atoms with E-state index in [2.05, 4.69) is 51.0 Å². The zero-order valence-electron chi connectivity index (χ0n) is 12.9. The van der Waals surface area contributed by atoms with Gasteiger partial charge in [-0.05, 0) is 37.6 Å². The molecule has 0 bridgehead atoms. The minimum absolute atomic E-state index is 0.427. The van der Waals surface area contributed by atoms with Gasteiger partial charge < -0.3 is 4.57 Å². The van der Waals surface area contributed by atoms with E-state index in [0.29, 0.717) is 6.04 Å². The van der Waals surface area contributed by atoms with E-state index >= 15 is 0 Å². The summed E-state index contributed by atoms with van der Waals surface area (Å²) in [5, 5.41) is 7.26. The average molecular weight is 295 g/mol. The number of aromatic amines is 1. The second-order valence-corrected chi connectivity index (χ2v) is 6.07. The number of nitrogens with one attached hydrogen (secondary N) is 1. The Morgan fingerprint density at radius 1 is 1.23 bits per heavy atom. The highest BCUT2D eigenvalue weighted by molar-refractivity contribution is 5.75. The van der Waals surface area contributed by atoms with Gasteiger partial charge >= 0.3 is 0 Å². The topological polar surface area (TPSA) is 49.7 Å². The fraction of sp³-hybridized carbons (Fsp3) is 0.412. The Balaban J connectivity index is 1.64. The number of fused-ring (bicyclic) bond motifs is 1. The summed E-state index contributed by atoms with van der Waals surface area (Å²) in [6.45, 7) is 2.00. The van der Waals surface area contributed by atoms with Crippen molar-refractivity contribution in [1.29, 1.82) is 0 Å². The van der Waals surface area contributed by atoms with E-state index in [1.807, 2.05) is 12.3 Å². The molecule has 1 aliphatic rings. The van der Waals surface area contributed by atoms with Gasteiger partial charge in [0.15, 0.2) is 0 Å². The zero-order valence-corrected chi connectivity index (χ0v) is 12.9. The van der Waals surface area contributed by atoms with E-state index < -0.39 is 0 Å². The molecule has 1 atom stereocenters. The van der Waals surface area contributed by atoms with Crippen LogP contribution >= 0.6 is 0 Å². The molecule has 5 nitrogen and oxygen atoms in total. The lowest BCUT2D eigenvalue weighted by atomic mass is 9.99. The highest BCUT2D eigenvalue weighted by Gasteiger charge is 2.26. The highest BCUT2D eigenvalue weighted by atomic mass is 15.2. The molecule has 1 fully saturated rings. The molecule has 4 rings (SSSR count). The van der Waals surface area contributed by atoms with Crippen LogP contribution in [0.15, 0.2) is 36.5 Å². The fourth-order valence-electron chi connectivity index (χ4n) is 3.50. The normalized spacial score (nSPS) is 19.8. The van der Waals surface area contributed by atoms with Gasteiger partial charge in [-0.2, -0.15) is 5.10 Å². The summed E-state index contributed by atoms with van der Waals surface area (Å²) in [5.41, 5.74) is 3.50. The van der Waals surface area contributed by atoms with Crippen molar-refractivity contribution in [1.82, 2.24) is 24.6 Å². The van der Waals surface area contributed by atoms with Crippen LogP contribution < -0.4 is 0 Å². The van der Waals surface area contributed by atoms with Gasteiger partial charge in [-0.25, -0.2) is 4.98 Å². The molecule has 114 valence electrons. The van der Waals surface area contributed by atoms with Gasteiger partial charge in [-0.15, -0.1) is 0 Å². The molecule has 0 unspecified atom stereocenters. The number of H-pyrrole nitrogens is 1. The number of hydrogen-bond donors (Lipinski definition) is 1. The Hall–Kier alpha value is -2.14. The number of imidazole rings is 1.